The average Bonchev–Trinajstić information content (AvgIpc) is 3.13. The van der Waals surface area contributed by atoms with Crippen molar-refractivity contribution in [1.29, 1.82) is 0 Å². The SMILES string of the molecule is CCC(CC1CC1)NC(=O)CC1(CS)CC1. The van der Waals surface area contributed by atoms with Crippen molar-refractivity contribution in [3.05, 3.63) is 0 Å². The normalized spacial score (nSPS) is 23.9. The maximum absolute atomic E-state index is 11.9. The zero-order chi connectivity index (χ0) is 11.6. The summed E-state index contributed by atoms with van der Waals surface area (Å²) in [5, 5.41) is 3.20. The molecule has 0 heterocycles. The van der Waals surface area contributed by atoms with Crippen LogP contribution in [0.4, 0.5) is 0 Å². The van der Waals surface area contributed by atoms with E-state index in [1.165, 1.54) is 32.1 Å². The van der Waals surface area contributed by atoms with Crippen LogP contribution in [-0.4, -0.2) is 17.7 Å². The van der Waals surface area contributed by atoms with Crippen LogP contribution in [0.5, 0.6) is 0 Å². The lowest BCUT2D eigenvalue weighted by molar-refractivity contribution is -0.122. The van der Waals surface area contributed by atoms with Crippen molar-refractivity contribution in [3.8, 4) is 0 Å². The van der Waals surface area contributed by atoms with Crippen molar-refractivity contribution in [3.63, 3.8) is 0 Å². The van der Waals surface area contributed by atoms with Gasteiger partial charge in [-0.3, -0.25) is 4.79 Å². The predicted octanol–water partition coefficient (Wildman–Crippen LogP) is 2.78. The highest BCUT2D eigenvalue weighted by Crippen LogP contribution is 2.49. The molecule has 1 atom stereocenters. The number of amides is 1. The minimum Gasteiger partial charge on any atom is -0.353 e. The lowest BCUT2D eigenvalue weighted by atomic mass is 10.0. The van der Waals surface area contributed by atoms with Crippen LogP contribution in [0.3, 0.4) is 0 Å². The van der Waals surface area contributed by atoms with Gasteiger partial charge in [-0.05, 0) is 42.8 Å². The van der Waals surface area contributed by atoms with E-state index in [0.29, 0.717) is 12.5 Å². The maximum atomic E-state index is 11.9. The van der Waals surface area contributed by atoms with Gasteiger partial charge in [0.25, 0.3) is 0 Å². The Balaban J connectivity index is 1.71. The fourth-order valence-corrected chi connectivity index (χ4v) is 2.70. The molecule has 16 heavy (non-hydrogen) atoms. The van der Waals surface area contributed by atoms with Gasteiger partial charge >= 0.3 is 0 Å². The van der Waals surface area contributed by atoms with Crippen molar-refractivity contribution < 1.29 is 4.79 Å². The first-order chi connectivity index (χ1) is 7.67. The highest BCUT2D eigenvalue weighted by molar-refractivity contribution is 7.80. The van der Waals surface area contributed by atoms with E-state index in [-0.39, 0.29) is 11.3 Å². The van der Waals surface area contributed by atoms with Crippen LogP contribution >= 0.6 is 12.6 Å². The highest BCUT2D eigenvalue weighted by atomic mass is 32.1. The predicted molar refractivity (Wildman–Crippen MR) is 69.7 cm³/mol. The topological polar surface area (TPSA) is 29.1 Å². The zero-order valence-corrected chi connectivity index (χ0v) is 11.1. The van der Waals surface area contributed by atoms with Gasteiger partial charge in [0, 0.05) is 12.5 Å². The second-order valence-electron chi connectivity index (χ2n) is 5.69. The molecule has 0 aromatic carbocycles. The molecular formula is C13H23NOS. The lowest BCUT2D eigenvalue weighted by Gasteiger charge is -2.18. The van der Waals surface area contributed by atoms with Crippen LogP contribution in [-0.2, 0) is 4.79 Å². The molecule has 0 bridgehead atoms. The average molecular weight is 241 g/mol. The van der Waals surface area contributed by atoms with Gasteiger partial charge in [-0.1, -0.05) is 19.8 Å². The third kappa shape index (κ3) is 3.41. The molecule has 0 radical (unpaired) electrons. The molecule has 2 nitrogen and oxygen atoms in total. The number of rotatable bonds is 7. The van der Waals surface area contributed by atoms with Crippen LogP contribution < -0.4 is 5.32 Å². The molecule has 0 aromatic heterocycles. The smallest absolute Gasteiger partial charge is 0.220 e. The van der Waals surface area contributed by atoms with Gasteiger partial charge in [-0.2, -0.15) is 12.6 Å². The summed E-state index contributed by atoms with van der Waals surface area (Å²) in [6.45, 7) is 2.17. The number of thiol groups is 1. The second-order valence-corrected chi connectivity index (χ2v) is 6.00. The Kier molecular flexibility index (Phi) is 3.83. The van der Waals surface area contributed by atoms with E-state index in [2.05, 4.69) is 24.9 Å². The number of hydrogen-bond acceptors (Lipinski definition) is 2. The first-order valence-corrected chi connectivity index (χ1v) is 7.21. The van der Waals surface area contributed by atoms with Gasteiger partial charge in [-0.25, -0.2) is 0 Å². The molecule has 0 saturated heterocycles. The van der Waals surface area contributed by atoms with Crippen LogP contribution in [0.25, 0.3) is 0 Å². The Morgan fingerprint density at radius 1 is 1.50 bits per heavy atom. The zero-order valence-electron chi connectivity index (χ0n) is 10.2. The van der Waals surface area contributed by atoms with E-state index in [1.54, 1.807) is 0 Å². The summed E-state index contributed by atoms with van der Waals surface area (Å²) in [5.74, 6) is 2.00. The molecule has 1 amide bonds. The number of hydrogen-bond donors (Lipinski definition) is 2. The molecule has 2 rings (SSSR count). The lowest BCUT2D eigenvalue weighted by Crippen LogP contribution is -2.36. The quantitative estimate of drug-likeness (QED) is 0.659. The molecule has 92 valence electrons. The summed E-state index contributed by atoms with van der Waals surface area (Å²) >= 11 is 4.34. The Morgan fingerprint density at radius 3 is 2.62 bits per heavy atom. The molecule has 2 saturated carbocycles. The highest BCUT2D eigenvalue weighted by Gasteiger charge is 2.43. The Labute approximate surface area is 104 Å². The molecule has 2 aliphatic rings. The Bertz CT molecular complexity index is 259. The molecule has 0 aliphatic heterocycles. The molecule has 0 spiro atoms. The molecule has 2 aliphatic carbocycles. The van der Waals surface area contributed by atoms with E-state index in [1.807, 2.05) is 0 Å². The summed E-state index contributed by atoms with van der Waals surface area (Å²) in [6, 6.07) is 0.413. The molecular weight excluding hydrogens is 218 g/mol. The number of carbonyl (C=O) groups is 1. The van der Waals surface area contributed by atoms with Gasteiger partial charge < -0.3 is 5.32 Å². The summed E-state index contributed by atoms with van der Waals surface area (Å²) in [4.78, 5) is 11.9. The monoisotopic (exact) mass is 241 g/mol. The summed E-state index contributed by atoms with van der Waals surface area (Å²) in [6.07, 6.45) is 8.05. The van der Waals surface area contributed by atoms with Crippen LogP contribution in [0.1, 0.15) is 51.9 Å². The molecule has 3 heteroatoms. The van der Waals surface area contributed by atoms with E-state index >= 15 is 0 Å². The fraction of sp³-hybridized carbons (Fsp3) is 0.923. The largest absolute Gasteiger partial charge is 0.353 e. The van der Waals surface area contributed by atoms with Gasteiger partial charge in [0.1, 0.15) is 0 Å². The molecule has 1 N–H and O–H groups in total. The van der Waals surface area contributed by atoms with E-state index in [0.717, 1.165) is 18.1 Å². The third-order valence-corrected chi connectivity index (χ3v) is 4.67. The van der Waals surface area contributed by atoms with Crippen molar-refractivity contribution >= 4 is 18.5 Å². The standard InChI is InChI=1S/C13H23NOS/c1-2-11(7-10-3-4-10)14-12(15)8-13(9-16)5-6-13/h10-11,16H,2-9H2,1H3,(H,14,15). The van der Waals surface area contributed by atoms with Crippen LogP contribution in [0, 0.1) is 11.3 Å². The number of nitrogens with one attached hydrogen (secondary N) is 1. The molecule has 0 aromatic rings. The number of carbonyl (C=O) groups excluding carboxylic acids is 1. The van der Waals surface area contributed by atoms with Crippen molar-refractivity contribution in [2.75, 3.05) is 5.75 Å². The minimum absolute atomic E-state index is 0.249. The maximum Gasteiger partial charge on any atom is 0.220 e. The van der Waals surface area contributed by atoms with Gasteiger partial charge in [0.05, 0.1) is 0 Å². The first kappa shape index (κ1) is 12.3. The fourth-order valence-electron chi connectivity index (χ4n) is 2.27. The van der Waals surface area contributed by atoms with E-state index in [4.69, 9.17) is 0 Å². The van der Waals surface area contributed by atoms with Crippen LogP contribution in [0.2, 0.25) is 0 Å². The first-order valence-electron chi connectivity index (χ1n) is 6.58. The third-order valence-electron chi connectivity index (χ3n) is 4.00. The summed E-state index contributed by atoms with van der Waals surface area (Å²) in [7, 11) is 0. The Morgan fingerprint density at radius 2 is 2.19 bits per heavy atom. The Hall–Kier alpha value is -0.180. The van der Waals surface area contributed by atoms with Gasteiger partial charge in [-0.15, -0.1) is 0 Å². The molecule has 1 unspecified atom stereocenters. The second kappa shape index (κ2) is 4.99. The van der Waals surface area contributed by atoms with E-state index < -0.39 is 0 Å². The van der Waals surface area contributed by atoms with Crippen molar-refractivity contribution in [1.82, 2.24) is 5.32 Å². The van der Waals surface area contributed by atoms with Crippen LogP contribution in [0.15, 0.2) is 0 Å². The van der Waals surface area contributed by atoms with Gasteiger partial charge in [0.2, 0.25) is 5.91 Å². The minimum atomic E-state index is 0.249. The van der Waals surface area contributed by atoms with Crippen molar-refractivity contribution in [2.45, 2.75) is 57.9 Å². The summed E-state index contributed by atoms with van der Waals surface area (Å²) in [5.41, 5.74) is 0.255. The van der Waals surface area contributed by atoms with Gasteiger partial charge in [0.15, 0.2) is 0 Å². The molecule has 2 fully saturated rings. The van der Waals surface area contributed by atoms with Crippen molar-refractivity contribution in [2.24, 2.45) is 11.3 Å². The summed E-state index contributed by atoms with van der Waals surface area (Å²) < 4.78 is 0. The van der Waals surface area contributed by atoms with E-state index in [9.17, 15) is 4.79 Å².